The molecule has 0 spiro atoms. The van der Waals surface area contributed by atoms with Crippen molar-refractivity contribution in [3.63, 3.8) is 0 Å². The Morgan fingerprint density at radius 3 is 2.25 bits per heavy atom. The first-order chi connectivity index (χ1) is 3.72. The molecule has 0 heterocycles. The summed E-state index contributed by atoms with van der Waals surface area (Å²) in [7, 11) is 0. The monoisotopic (exact) mass is 113 g/mol. The van der Waals surface area contributed by atoms with Crippen LogP contribution in [0.15, 0.2) is 5.10 Å². The molecule has 8 heavy (non-hydrogen) atoms. The molecule has 0 atom stereocenters. The topological polar surface area (TPSA) is 39.5 Å². The summed E-state index contributed by atoms with van der Waals surface area (Å²) in [6.07, 6.45) is 1.15. The predicted octanol–water partition coefficient (Wildman–Crippen LogP) is 0.919. The Kier molecular flexibility index (Phi) is 2.84. The molecule has 3 heteroatoms. The van der Waals surface area contributed by atoms with E-state index in [9.17, 15) is 0 Å². The fourth-order valence-electron chi connectivity index (χ4n) is 0.353. The maximum atomic E-state index is 6.76. The number of rotatable bonds is 3. The highest BCUT2D eigenvalue weighted by Gasteiger charge is 1.97. The predicted molar refractivity (Wildman–Crippen MR) is 35.3 cm³/mol. The molecule has 0 unspecified atom stereocenters. The zero-order valence-electron chi connectivity index (χ0n) is 5.26. The lowest BCUT2D eigenvalue weighted by Crippen LogP contribution is -2.22. The smallest absolute Gasteiger partial charge is 0.103 e. The van der Waals surface area contributed by atoms with Gasteiger partial charge in [0.2, 0.25) is 0 Å². The van der Waals surface area contributed by atoms with Gasteiger partial charge in [-0.3, -0.25) is 10.4 Å². The highest BCUT2D eigenvalue weighted by atomic mass is 15.5. The van der Waals surface area contributed by atoms with Crippen molar-refractivity contribution in [2.75, 3.05) is 0 Å². The quantitative estimate of drug-likeness (QED) is 0.330. The third-order valence-corrected chi connectivity index (χ3v) is 0.825. The molecule has 0 aliphatic heterocycles. The molecule has 0 saturated heterocycles. The normalized spacial score (nSPS) is 8.88. The second-order valence-corrected chi connectivity index (χ2v) is 1.74. The first-order valence-electron chi connectivity index (χ1n) is 2.48. The molecular formula is C5H11N3. The number of hydrazone groups is 1. The Morgan fingerprint density at radius 2 is 2.25 bits per heavy atom. The average Bonchev–Trinajstić information content (AvgIpc) is 1.69. The van der Waals surface area contributed by atoms with Gasteiger partial charge in [0.05, 0.1) is 0 Å². The Morgan fingerprint density at radius 1 is 1.75 bits per heavy atom. The standard InChI is InChI=1S/C5H11N3/c1-5(2)8(4-6)7-3/h4-6H,3H2,1-2H3. The van der Waals surface area contributed by atoms with Gasteiger partial charge in [-0.1, -0.05) is 0 Å². The lowest BCUT2D eigenvalue weighted by molar-refractivity contribution is 0.381. The van der Waals surface area contributed by atoms with Crippen LogP contribution in [0.3, 0.4) is 0 Å². The minimum absolute atomic E-state index is 0.241. The lowest BCUT2D eigenvalue weighted by Gasteiger charge is -2.14. The summed E-state index contributed by atoms with van der Waals surface area (Å²) >= 11 is 0. The van der Waals surface area contributed by atoms with Crippen molar-refractivity contribution >= 4 is 13.1 Å². The molecule has 0 rings (SSSR count). The summed E-state index contributed by atoms with van der Waals surface area (Å²) in [5.74, 6) is 0. The van der Waals surface area contributed by atoms with Crippen molar-refractivity contribution in [2.45, 2.75) is 19.9 Å². The molecule has 0 aliphatic carbocycles. The van der Waals surface area contributed by atoms with Crippen LogP contribution >= 0.6 is 0 Å². The van der Waals surface area contributed by atoms with Crippen molar-refractivity contribution in [3.8, 4) is 0 Å². The van der Waals surface area contributed by atoms with E-state index in [0.717, 1.165) is 6.34 Å². The summed E-state index contributed by atoms with van der Waals surface area (Å²) in [6.45, 7) is 7.17. The van der Waals surface area contributed by atoms with Crippen LogP contribution in [0.4, 0.5) is 0 Å². The Hall–Kier alpha value is -0.860. The van der Waals surface area contributed by atoms with E-state index >= 15 is 0 Å². The Balaban J connectivity index is 3.68. The fourth-order valence-corrected chi connectivity index (χ4v) is 0.353. The van der Waals surface area contributed by atoms with E-state index in [-0.39, 0.29) is 6.04 Å². The summed E-state index contributed by atoms with van der Waals surface area (Å²) in [4.78, 5) is 0. The van der Waals surface area contributed by atoms with Crippen molar-refractivity contribution < 1.29 is 0 Å². The number of nitrogens with zero attached hydrogens (tertiary/aromatic N) is 2. The molecule has 0 aromatic rings. The SMILES string of the molecule is C=NN(C=N)C(C)C. The summed E-state index contributed by atoms with van der Waals surface area (Å²) in [5.41, 5.74) is 0. The van der Waals surface area contributed by atoms with E-state index in [4.69, 9.17) is 5.41 Å². The molecule has 0 bridgehead atoms. The minimum Gasteiger partial charge on any atom is -0.290 e. The van der Waals surface area contributed by atoms with Gasteiger partial charge in [-0.15, -0.1) is 0 Å². The number of hydrogen-bond acceptors (Lipinski definition) is 2. The molecule has 0 saturated carbocycles. The lowest BCUT2D eigenvalue weighted by atomic mass is 10.4. The third-order valence-electron chi connectivity index (χ3n) is 0.825. The van der Waals surface area contributed by atoms with Crippen molar-refractivity contribution in [3.05, 3.63) is 0 Å². The fraction of sp³-hybridized carbons (Fsp3) is 0.600. The van der Waals surface area contributed by atoms with E-state index in [2.05, 4.69) is 11.8 Å². The molecule has 0 aromatic carbocycles. The first kappa shape index (κ1) is 7.14. The van der Waals surface area contributed by atoms with Crippen LogP contribution in [0, 0.1) is 5.41 Å². The van der Waals surface area contributed by atoms with Gasteiger partial charge in [-0.05, 0) is 13.8 Å². The molecule has 3 nitrogen and oxygen atoms in total. The second kappa shape index (κ2) is 3.18. The van der Waals surface area contributed by atoms with Crippen LogP contribution in [0.5, 0.6) is 0 Å². The van der Waals surface area contributed by atoms with Crippen LogP contribution in [0.25, 0.3) is 0 Å². The average molecular weight is 113 g/mol. The molecule has 46 valence electrons. The molecule has 0 radical (unpaired) electrons. The van der Waals surface area contributed by atoms with Gasteiger partial charge in [-0.2, -0.15) is 5.10 Å². The molecular weight excluding hydrogens is 102 g/mol. The van der Waals surface area contributed by atoms with Crippen LogP contribution in [-0.2, 0) is 0 Å². The van der Waals surface area contributed by atoms with Gasteiger partial charge < -0.3 is 0 Å². The minimum atomic E-state index is 0.241. The van der Waals surface area contributed by atoms with Crippen molar-refractivity contribution in [2.24, 2.45) is 5.10 Å². The summed E-state index contributed by atoms with van der Waals surface area (Å²) in [6, 6.07) is 0.241. The maximum Gasteiger partial charge on any atom is 0.103 e. The van der Waals surface area contributed by atoms with E-state index in [1.807, 2.05) is 13.8 Å². The van der Waals surface area contributed by atoms with Gasteiger partial charge in [0, 0.05) is 12.8 Å². The second-order valence-electron chi connectivity index (χ2n) is 1.74. The van der Waals surface area contributed by atoms with Crippen LogP contribution in [0.2, 0.25) is 0 Å². The molecule has 0 aromatic heterocycles. The Labute approximate surface area is 49.5 Å². The van der Waals surface area contributed by atoms with Crippen molar-refractivity contribution in [1.82, 2.24) is 5.01 Å². The highest BCUT2D eigenvalue weighted by molar-refractivity contribution is 5.51. The largest absolute Gasteiger partial charge is 0.290 e. The highest BCUT2D eigenvalue weighted by Crippen LogP contribution is 1.91. The Bertz CT molecular complexity index is 79.7. The third kappa shape index (κ3) is 1.73. The van der Waals surface area contributed by atoms with E-state index < -0.39 is 0 Å². The first-order valence-corrected chi connectivity index (χ1v) is 2.48. The molecule has 0 fully saturated rings. The zero-order chi connectivity index (χ0) is 6.57. The number of hydrogen-bond donors (Lipinski definition) is 1. The van der Waals surface area contributed by atoms with Gasteiger partial charge in [-0.25, -0.2) is 0 Å². The van der Waals surface area contributed by atoms with Gasteiger partial charge in [0.25, 0.3) is 0 Å². The van der Waals surface area contributed by atoms with Crippen LogP contribution < -0.4 is 0 Å². The summed E-state index contributed by atoms with van der Waals surface area (Å²) < 4.78 is 0. The molecule has 0 amide bonds. The molecule has 1 N–H and O–H groups in total. The molecule has 0 aliphatic rings. The van der Waals surface area contributed by atoms with Crippen molar-refractivity contribution in [1.29, 1.82) is 5.41 Å². The van der Waals surface area contributed by atoms with E-state index in [0.29, 0.717) is 0 Å². The zero-order valence-corrected chi connectivity index (χ0v) is 5.26. The van der Waals surface area contributed by atoms with Crippen LogP contribution in [0.1, 0.15) is 13.8 Å². The van der Waals surface area contributed by atoms with Gasteiger partial charge >= 0.3 is 0 Å². The van der Waals surface area contributed by atoms with Gasteiger partial charge in [0.1, 0.15) is 6.34 Å². The maximum absolute atomic E-state index is 6.76. The van der Waals surface area contributed by atoms with E-state index in [1.165, 1.54) is 5.01 Å². The number of nitrogens with one attached hydrogen (secondary N) is 1. The van der Waals surface area contributed by atoms with Gasteiger partial charge in [0.15, 0.2) is 0 Å². The van der Waals surface area contributed by atoms with E-state index in [1.54, 1.807) is 0 Å². The van der Waals surface area contributed by atoms with Crippen LogP contribution in [-0.4, -0.2) is 24.1 Å². The summed E-state index contributed by atoms with van der Waals surface area (Å²) in [5, 5.41) is 11.8.